The zero-order chi connectivity index (χ0) is 19.1. The quantitative estimate of drug-likeness (QED) is 0.333. The van der Waals surface area contributed by atoms with E-state index in [1.165, 1.54) is 36.4 Å². The number of rotatable bonds is 16. The molecule has 0 bridgehead atoms. The van der Waals surface area contributed by atoms with Crippen LogP contribution in [0.3, 0.4) is 0 Å². The largest absolute Gasteiger partial charge is 0.292 e. The van der Waals surface area contributed by atoms with Gasteiger partial charge in [0, 0.05) is 13.1 Å². The van der Waals surface area contributed by atoms with Crippen molar-refractivity contribution < 1.29 is 18.5 Å². The second-order valence-electron chi connectivity index (χ2n) is 6.56. The van der Waals surface area contributed by atoms with Crippen LogP contribution in [0.5, 0.6) is 0 Å². The van der Waals surface area contributed by atoms with Gasteiger partial charge in [-0.1, -0.05) is 87.8 Å². The molecule has 0 aliphatic heterocycles. The fourth-order valence-electron chi connectivity index (χ4n) is 2.88. The molecule has 1 aromatic carbocycles. The van der Waals surface area contributed by atoms with Crippen molar-refractivity contribution in [2.75, 3.05) is 19.7 Å². The van der Waals surface area contributed by atoms with E-state index in [4.69, 9.17) is 10.0 Å². The first-order valence-electron chi connectivity index (χ1n) is 9.62. The molecule has 0 unspecified atom stereocenters. The highest BCUT2D eigenvalue weighted by atomic mass is 32.2. The molecule has 1 rings (SSSR count). The molecule has 6 nitrogen and oxygen atoms in total. The maximum atomic E-state index is 12.7. The summed E-state index contributed by atoms with van der Waals surface area (Å²) in [5.41, 5.74) is 2.38. The van der Waals surface area contributed by atoms with Crippen LogP contribution >= 0.6 is 0 Å². The van der Waals surface area contributed by atoms with Crippen LogP contribution in [0.2, 0.25) is 0 Å². The van der Waals surface area contributed by atoms with Gasteiger partial charge in [0.1, 0.15) is 0 Å². The van der Waals surface area contributed by atoms with Gasteiger partial charge in [0.05, 0.1) is 12.4 Å². The van der Waals surface area contributed by atoms with Gasteiger partial charge < -0.3 is 0 Å². The maximum Gasteiger partial charge on any atom is 0.218 e. The zero-order valence-corrected chi connectivity index (χ0v) is 16.7. The van der Waals surface area contributed by atoms with E-state index >= 15 is 0 Å². The van der Waals surface area contributed by atoms with Crippen LogP contribution < -0.4 is 5.64 Å². The number of nitrogens with one attached hydrogen (secondary N) is 1. The van der Waals surface area contributed by atoms with Crippen molar-refractivity contribution in [3.63, 3.8) is 0 Å². The Balaban J connectivity index is 2.44. The van der Waals surface area contributed by atoms with Crippen molar-refractivity contribution in [3.05, 3.63) is 35.9 Å². The molecule has 0 radical (unpaired) electrons. The molecule has 1 aromatic rings. The van der Waals surface area contributed by atoms with E-state index in [-0.39, 0.29) is 18.9 Å². The second kappa shape index (κ2) is 14.1. The maximum absolute atomic E-state index is 12.7. The molecular weight excluding hydrogens is 352 g/mol. The number of unbranched alkanes of at least 4 members (excludes halogenated alkanes) is 7. The Morgan fingerprint density at radius 3 is 2.19 bits per heavy atom. The van der Waals surface area contributed by atoms with Crippen molar-refractivity contribution in [1.29, 1.82) is 0 Å². The Labute approximate surface area is 158 Å². The van der Waals surface area contributed by atoms with E-state index in [2.05, 4.69) is 6.92 Å². The summed E-state index contributed by atoms with van der Waals surface area (Å²) in [7, 11) is -3.42. The summed E-state index contributed by atoms with van der Waals surface area (Å²) in [6.07, 6.45) is 9.33. The molecule has 26 heavy (non-hydrogen) atoms. The smallest absolute Gasteiger partial charge is 0.218 e. The SMILES string of the molecule is CCCCCCCCCCN(CCONO)S(=O)(=O)Cc1ccccc1. The van der Waals surface area contributed by atoms with Crippen LogP contribution in [-0.2, 0) is 20.6 Å². The molecule has 0 aromatic heterocycles. The Bertz CT molecular complexity index is 552. The van der Waals surface area contributed by atoms with Crippen LogP contribution in [0, 0.1) is 0 Å². The van der Waals surface area contributed by atoms with E-state index in [0.717, 1.165) is 24.8 Å². The predicted octanol–water partition coefficient (Wildman–Crippen LogP) is 3.87. The molecule has 0 saturated carbocycles. The average molecular weight is 387 g/mol. The first-order valence-corrected chi connectivity index (χ1v) is 11.2. The Kier molecular flexibility index (Phi) is 12.5. The summed E-state index contributed by atoms with van der Waals surface area (Å²) in [6.45, 7) is 3.01. The normalized spacial score (nSPS) is 12.0. The van der Waals surface area contributed by atoms with Gasteiger partial charge in [-0.05, 0) is 12.0 Å². The Morgan fingerprint density at radius 2 is 1.58 bits per heavy atom. The van der Waals surface area contributed by atoms with Crippen molar-refractivity contribution in [1.82, 2.24) is 9.95 Å². The third-order valence-corrected chi connectivity index (χ3v) is 6.20. The molecule has 0 aliphatic carbocycles. The lowest BCUT2D eigenvalue weighted by Crippen LogP contribution is -2.36. The number of hydrogen-bond acceptors (Lipinski definition) is 5. The first-order chi connectivity index (χ1) is 12.6. The van der Waals surface area contributed by atoms with Gasteiger partial charge in [0.2, 0.25) is 10.0 Å². The van der Waals surface area contributed by atoms with Gasteiger partial charge >= 0.3 is 0 Å². The molecule has 0 amide bonds. The third kappa shape index (κ3) is 10.2. The van der Waals surface area contributed by atoms with E-state index in [9.17, 15) is 8.42 Å². The topological polar surface area (TPSA) is 78.9 Å². The van der Waals surface area contributed by atoms with Crippen LogP contribution in [0.15, 0.2) is 30.3 Å². The van der Waals surface area contributed by atoms with E-state index in [0.29, 0.717) is 6.54 Å². The summed E-state index contributed by atoms with van der Waals surface area (Å²) in [4.78, 5) is 4.69. The highest BCUT2D eigenvalue weighted by Crippen LogP contribution is 2.14. The molecule has 0 atom stereocenters. The van der Waals surface area contributed by atoms with Gasteiger partial charge in [-0.2, -0.15) is 4.31 Å². The highest BCUT2D eigenvalue weighted by Gasteiger charge is 2.22. The number of sulfonamides is 1. The van der Waals surface area contributed by atoms with Crippen molar-refractivity contribution >= 4 is 10.0 Å². The fraction of sp³-hybridized carbons (Fsp3) is 0.684. The molecular formula is C19H34N2O4S. The summed E-state index contributed by atoms with van der Waals surface area (Å²) in [6, 6.07) is 9.18. The number of benzene rings is 1. The van der Waals surface area contributed by atoms with Crippen molar-refractivity contribution in [2.24, 2.45) is 0 Å². The van der Waals surface area contributed by atoms with Crippen molar-refractivity contribution in [3.8, 4) is 0 Å². The molecule has 0 heterocycles. The van der Waals surface area contributed by atoms with Crippen LogP contribution in [-0.4, -0.2) is 37.6 Å². The molecule has 2 N–H and O–H groups in total. The molecule has 0 fully saturated rings. The second-order valence-corrected chi connectivity index (χ2v) is 8.52. The fourth-order valence-corrected chi connectivity index (χ4v) is 4.44. The molecule has 150 valence electrons. The van der Waals surface area contributed by atoms with Crippen LogP contribution in [0.25, 0.3) is 0 Å². The molecule has 0 spiro atoms. The molecule has 7 heteroatoms. The van der Waals surface area contributed by atoms with Crippen LogP contribution in [0.4, 0.5) is 0 Å². The third-order valence-electron chi connectivity index (χ3n) is 4.35. The summed E-state index contributed by atoms with van der Waals surface area (Å²) < 4.78 is 26.9. The number of nitrogens with zero attached hydrogens (tertiary/aromatic N) is 1. The highest BCUT2D eigenvalue weighted by molar-refractivity contribution is 7.88. The van der Waals surface area contributed by atoms with E-state index in [1.54, 1.807) is 5.64 Å². The molecule has 0 aliphatic rings. The molecule has 0 saturated heterocycles. The van der Waals surface area contributed by atoms with Gasteiger partial charge in [-0.25, -0.2) is 8.42 Å². The lowest BCUT2D eigenvalue weighted by Gasteiger charge is -2.22. The van der Waals surface area contributed by atoms with Gasteiger partial charge in [-0.15, -0.1) is 0 Å². The van der Waals surface area contributed by atoms with Gasteiger partial charge in [0.25, 0.3) is 0 Å². The Hall–Kier alpha value is -0.990. The first kappa shape index (κ1) is 23.0. The zero-order valence-electron chi connectivity index (χ0n) is 15.9. The number of hydrogen-bond donors (Lipinski definition) is 2. The lowest BCUT2D eigenvalue weighted by atomic mass is 10.1. The van der Waals surface area contributed by atoms with Gasteiger partial charge in [-0.3, -0.25) is 10.0 Å². The minimum absolute atomic E-state index is 0.0165. The standard InChI is InChI=1S/C19H34N2O4S/c1-2-3-4-5-6-7-8-12-15-21(16-17-25-20-22)26(23,24)18-19-13-10-9-11-14-19/h9-11,13-14,20,22H,2-8,12,15-18H2,1H3. The average Bonchev–Trinajstić information content (AvgIpc) is 2.63. The lowest BCUT2D eigenvalue weighted by molar-refractivity contribution is -0.127. The monoisotopic (exact) mass is 386 g/mol. The predicted molar refractivity (Wildman–Crippen MR) is 104 cm³/mol. The van der Waals surface area contributed by atoms with Crippen molar-refractivity contribution in [2.45, 2.75) is 64.0 Å². The summed E-state index contributed by atoms with van der Waals surface area (Å²) in [5.74, 6) is -0.0165. The summed E-state index contributed by atoms with van der Waals surface area (Å²) in [5, 5.41) is 8.51. The minimum Gasteiger partial charge on any atom is -0.292 e. The minimum atomic E-state index is -3.42. The summed E-state index contributed by atoms with van der Waals surface area (Å²) >= 11 is 0. The van der Waals surface area contributed by atoms with E-state index in [1.807, 2.05) is 30.3 Å². The van der Waals surface area contributed by atoms with Gasteiger partial charge in [0.15, 0.2) is 0 Å². The van der Waals surface area contributed by atoms with Crippen LogP contribution in [0.1, 0.15) is 63.9 Å². The Morgan fingerprint density at radius 1 is 0.962 bits per heavy atom. The van der Waals surface area contributed by atoms with E-state index < -0.39 is 10.0 Å².